The Morgan fingerprint density at radius 3 is 2.78 bits per heavy atom. The van der Waals surface area contributed by atoms with Gasteiger partial charge >= 0.3 is 0 Å². The van der Waals surface area contributed by atoms with Crippen LogP contribution in [-0.2, 0) is 10.5 Å². The van der Waals surface area contributed by atoms with E-state index in [1.807, 2.05) is 13.8 Å². The first-order chi connectivity index (χ1) is 12.8. The number of aromatic nitrogens is 2. The van der Waals surface area contributed by atoms with Crippen molar-refractivity contribution in [3.63, 3.8) is 0 Å². The Morgan fingerprint density at radius 2 is 2.07 bits per heavy atom. The minimum atomic E-state index is -1.02. The van der Waals surface area contributed by atoms with Crippen molar-refractivity contribution in [3.8, 4) is 0 Å². The van der Waals surface area contributed by atoms with Crippen molar-refractivity contribution in [2.45, 2.75) is 31.8 Å². The van der Waals surface area contributed by atoms with Crippen molar-refractivity contribution < 1.29 is 13.6 Å². The van der Waals surface area contributed by atoms with Crippen molar-refractivity contribution in [2.24, 2.45) is 0 Å². The highest BCUT2D eigenvalue weighted by Gasteiger charge is 2.17. The highest BCUT2D eigenvalue weighted by atomic mass is 32.2. The Labute approximate surface area is 162 Å². The van der Waals surface area contributed by atoms with E-state index >= 15 is 0 Å². The minimum absolute atomic E-state index is 0.184. The van der Waals surface area contributed by atoms with Crippen LogP contribution in [0, 0.1) is 25.5 Å². The number of H-pyrrole nitrogens is 1. The number of thiophene rings is 1. The fourth-order valence-electron chi connectivity index (χ4n) is 2.46. The number of hydrogen-bond donors (Lipinski definition) is 2. The number of nitrogens with zero attached hydrogens (tertiary/aromatic N) is 1. The zero-order chi connectivity index (χ0) is 19.7. The Balaban J connectivity index is 1.67. The lowest BCUT2D eigenvalue weighted by Crippen LogP contribution is -2.23. The number of thioether (sulfide) groups is 1. The summed E-state index contributed by atoms with van der Waals surface area (Å²) in [6.45, 7) is 5.53. The smallest absolute Gasteiger partial charge is 0.259 e. The molecule has 0 saturated heterocycles. The third-order valence-corrected chi connectivity index (χ3v) is 6.37. The normalized spacial score (nSPS) is 12.3. The van der Waals surface area contributed by atoms with E-state index in [0.29, 0.717) is 21.8 Å². The van der Waals surface area contributed by atoms with Gasteiger partial charge in [0.05, 0.1) is 16.4 Å². The molecule has 1 amide bonds. The second-order valence-electron chi connectivity index (χ2n) is 6.05. The van der Waals surface area contributed by atoms with Gasteiger partial charge in [-0.15, -0.1) is 23.1 Å². The summed E-state index contributed by atoms with van der Waals surface area (Å²) >= 11 is 2.75. The molecule has 3 rings (SSSR count). The minimum Gasteiger partial charge on any atom is -0.325 e. The summed E-state index contributed by atoms with van der Waals surface area (Å²) in [6, 6.07) is 3.18. The lowest BCUT2D eigenvalue weighted by molar-refractivity contribution is -0.115. The van der Waals surface area contributed by atoms with E-state index < -0.39 is 16.9 Å². The third kappa shape index (κ3) is 4.19. The molecule has 0 fully saturated rings. The van der Waals surface area contributed by atoms with Crippen molar-refractivity contribution in [2.75, 3.05) is 5.32 Å². The summed E-state index contributed by atoms with van der Waals surface area (Å²) in [5, 5.41) is 2.67. The average Bonchev–Trinajstić information content (AvgIpc) is 2.90. The van der Waals surface area contributed by atoms with Gasteiger partial charge in [-0.2, -0.15) is 0 Å². The molecular formula is C18H17F2N3O2S2. The van der Waals surface area contributed by atoms with Gasteiger partial charge in [-0.1, -0.05) is 0 Å². The second-order valence-corrected chi connectivity index (χ2v) is 8.58. The lowest BCUT2D eigenvalue weighted by atomic mass is 10.2. The SMILES string of the molecule is Cc1sc2nc(CSC(C)C(=O)Nc3ccc(F)c(F)c3)[nH]c(=O)c2c1C. The van der Waals surface area contributed by atoms with Crippen molar-refractivity contribution in [3.05, 3.63) is 56.5 Å². The zero-order valence-electron chi connectivity index (χ0n) is 14.9. The van der Waals surface area contributed by atoms with E-state index in [1.165, 1.54) is 29.2 Å². The van der Waals surface area contributed by atoms with Crippen LogP contribution < -0.4 is 10.9 Å². The molecule has 1 atom stereocenters. The summed E-state index contributed by atoms with van der Waals surface area (Å²) in [7, 11) is 0. The molecular weight excluding hydrogens is 392 g/mol. The van der Waals surface area contributed by atoms with Gasteiger partial charge in [0.15, 0.2) is 11.6 Å². The molecule has 1 aromatic carbocycles. The van der Waals surface area contributed by atoms with E-state index in [9.17, 15) is 18.4 Å². The van der Waals surface area contributed by atoms with Gasteiger partial charge in [0.25, 0.3) is 5.56 Å². The number of anilines is 1. The molecule has 2 aromatic heterocycles. The van der Waals surface area contributed by atoms with E-state index in [-0.39, 0.29) is 17.2 Å². The Morgan fingerprint density at radius 1 is 1.33 bits per heavy atom. The number of nitrogens with one attached hydrogen (secondary N) is 2. The van der Waals surface area contributed by atoms with Gasteiger partial charge in [-0.05, 0) is 38.5 Å². The van der Waals surface area contributed by atoms with E-state index in [4.69, 9.17) is 0 Å². The maximum Gasteiger partial charge on any atom is 0.259 e. The number of amides is 1. The molecule has 0 aliphatic carbocycles. The molecule has 0 aliphatic heterocycles. The molecule has 9 heteroatoms. The van der Waals surface area contributed by atoms with Crippen LogP contribution in [0.4, 0.5) is 14.5 Å². The lowest BCUT2D eigenvalue weighted by Gasteiger charge is -2.12. The molecule has 27 heavy (non-hydrogen) atoms. The van der Waals surface area contributed by atoms with E-state index in [2.05, 4.69) is 15.3 Å². The van der Waals surface area contributed by atoms with E-state index in [0.717, 1.165) is 22.6 Å². The first-order valence-corrected chi connectivity index (χ1v) is 9.99. The van der Waals surface area contributed by atoms with Gasteiger partial charge < -0.3 is 10.3 Å². The molecule has 2 heterocycles. The summed E-state index contributed by atoms with van der Waals surface area (Å²) in [4.78, 5) is 33.5. The molecule has 142 valence electrons. The predicted octanol–water partition coefficient (Wildman–Crippen LogP) is 4.14. The molecule has 0 radical (unpaired) electrons. The number of carbonyl (C=O) groups excluding carboxylic acids is 1. The van der Waals surface area contributed by atoms with Crippen LogP contribution in [0.5, 0.6) is 0 Å². The second kappa shape index (κ2) is 7.77. The average molecular weight is 409 g/mol. The standard InChI is InChI=1S/C18H17F2N3O2S2/c1-8-9(2)27-18-15(8)17(25)22-14(23-18)7-26-10(3)16(24)21-11-4-5-12(19)13(20)6-11/h4-6,10H,7H2,1-3H3,(H,21,24)(H,22,23,25). The Hall–Kier alpha value is -2.26. The van der Waals surface area contributed by atoms with Gasteiger partial charge in [0.2, 0.25) is 5.91 Å². The number of carbonyl (C=O) groups is 1. The van der Waals surface area contributed by atoms with Crippen LogP contribution in [0.3, 0.4) is 0 Å². The highest BCUT2D eigenvalue weighted by Crippen LogP contribution is 2.26. The molecule has 0 spiro atoms. The summed E-state index contributed by atoms with van der Waals surface area (Å²) in [5.74, 6) is -1.51. The summed E-state index contributed by atoms with van der Waals surface area (Å²) in [6.07, 6.45) is 0. The van der Waals surface area contributed by atoms with Crippen molar-refractivity contribution >= 4 is 44.9 Å². The molecule has 0 bridgehead atoms. The predicted molar refractivity (Wildman–Crippen MR) is 105 cm³/mol. The highest BCUT2D eigenvalue weighted by molar-refractivity contribution is 7.99. The number of aromatic amines is 1. The van der Waals surface area contributed by atoms with Crippen molar-refractivity contribution in [1.82, 2.24) is 9.97 Å². The fraction of sp³-hybridized carbons (Fsp3) is 0.278. The number of halogens is 2. The number of fused-ring (bicyclic) bond motifs is 1. The first-order valence-electron chi connectivity index (χ1n) is 8.12. The summed E-state index contributed by atoms with van der Waals surface area (Å²) in [5.41, 5.74) is 0.933. The molecule has 0 saturated carbocycles. The topological polar surface area (TPSA) is 74.8 Å². The van der Waals surface area contributed by atoms with Gasteiger partial charge in [-0.3, -0.25) is 9.59 Å². The zero-order valence-corrected chi connectivity index (χ0v) is 16.5. The van der Waals surface area contributed by atoms with Crippen LogP contribution in [0.2, 0.25) is 0 Å². The Bertz CT molecular complexity index is 1080. The van der Waals surface area contributed by atoms with Crippen molar-refractivity contribution in [1.29, 1.82) is 0 Å². The molecule has 1 unspecified atom stereocenters. The number of hydrogen-bond acceptors (Lipinski definition) is 5. The van der Waals surface area contributed by atoms with Gasteiger partial charge in [0.1, 0.15) is 10.7 Å². The Kier molecular flexibility index (Phi) is 5.61. The first kappa shape index (κ1) is 19.5. The monoisotopic (exact) mass is 409 g/mol. The van der Waals surface area contributed by atoms with Crippen LogP contribution in [0.25, 0.3) is 10.2 Å². The molecule has 2 N–H and O–H groups in total. The van der Waals surface area contributed by atoms with E-state index in [1.54, 1.807) is 6.92 Å². The maximum absolute atomic E-state index is 13.2. The third-order valence-electron chi connectivity index (χ3n) is 4.11. The largest absolute Gasteiger partial charge is 0.325 e. The van der Waals surface area contributed by atoms with Crippen LogP contribution >= 0.6 is 23.1 Å². The van der Waals surface area contributed by atoms with Gasteiger partial charge in [0, 0.05) is 16.6 Å². The number of aryl methyl sites for hydroxylation is 2. The fourth-order valence-corrected chi connectivity index (χ4v) is 4.27. The van der Waals surface area contributed by atoms with Crippen LogP contribution in [0.1, 0.15) is 23.2 Å². The van der Waals surface area contributed by atoms with Crippen LogP contribution in [-0.4, -0.2) is 21.1 Å². The summed E-state index contributed by atoms with van der Waals surface area (Å²) < 4.78 is 26.2. The molecule has 5 nitrogen and oxygen atoms in total. The number of rotatable bonds is 5. The molecule has 0 aliphatic rings. The van der Waals surface area contributed by atoms with Gasteiger partial charge in [-0.25, -0.2) is 13.8 Å². The van der Waals surface area contributed by atoms with Crippen LogP contribution in [0.15, 0.2) is 23.0 Å². The number of benzene rings is 1. The quantitative estimate of drug-likeness (QED) is 0.664. The molecule has 3 aromatic rings. The maximum atomic E-state index is 13.2.